The van der Waals surface area contributed by atoms with Crippen molar-refractivity contribution in [3.05, 3.63) is 182 Å². The molecule has 278 valence electrons. The molecule has 0 saturated carbocycles. The van der Waals surface area contributed by atoms with E-state index in [1.165, 1.54) is 79.8 Å². The van der Waals surface area contributed by atoms with E-state index in [9.17, 15) is 0 Å². The largest absolute Gasteiger partial charge is 0.236 e. The second-order valence-corrected chi connectivity index (χ2v) is 17.5. The molecule has 0 N–H and O–H groups in total. The Morgan fingerprint density at radius 2 is 0.933 bits per heavy atom. The van der Waals surface area contributed by atoms with Crippen LogP contribution in [0.3, 0.4) is 0 Å². The molecule has 0 saturated heterocycles. The van der Waals surface area contributed by atoms with E-state index in [2.05, 4.69) is 164 Å². The Labute approximate surface area is 352 Å². The molecule has 0 atom stereocenters. The summed E-state index contributed by atoms with van der Waals surface area (Å²) in [5.41, 5.74) is 12.3. The summed E-state index contributed by atoms with van der Waals surface area (Å²) in [7, 11) is 0. The maximum Gasteiger partial charge on any atom is 0.164 e. The van der Waals surface area contributed by atoms with Gasteiger partial charge in [0.2, 0.25) is 0 Å². The van der Waals surface area contributed by atoms with Gasteiger partial charge in [-0.25, -0.2) is 19.9 Å². The first-order valence-electron chi connectivity index (χ1n) is 20.0. The highest BCUT2D eigenvalue weighted by Gasteiger charge is 2.23. The van der Waals surface area contributed by atoms with Gasteiger partial charge in [-0.2, -0.15) is 0 Å². The van der Waals surface area contributed by atoms with Crippen LogP contribution in [0.2, 0.25) is 0 Å². The van der Waals surface area contributed by atoms with Gasteiger partial charge >= 0.3 is 0 Å². The minimum atomic E-state index is 0.639. The fraction of sp³-hybridized carbons (Fsp3) is 0. The lowest BCUT2D eigenvalue weighted by atomic mass is 9.97. The highest BCUT2D eigenvalue weighted by molar-refractivity contribution is 7.27. The Morgan fingerprint density at radius 3 is 1.77 bits per heavy atom. The zero-order valence-corrected chi connectivity index (χ0v) is 33.6. The van der Waals surface area contributed by atoms with Gasteiger partial charge in [-0.3, -0.25) is 0 Å². The summed E-state index contributed by atoms with van der Waals surface area (Å²) in [6, 6.07) is 64.9. The van der Waals surface area contributed by atoms with Gasteiger partial charge in [0, 0.05) is 42.4 Å². The van der Waals surface area contributed by atoms with Crippen LogP contribution in [0.1, 0.15) is 0 Å². The van der Waals surface area contributed by atoms with E-state index < -0.39 is 0 Å². The monoisotopic (exact) mass is 798 g/mol. The van der Waals surface area contributed by atoms with Crippen LogP contribution in [0.4, 0.5) is 0 Å². The predicted octanol–water partition coefficient (Wildman–Crippen LogP) is 15.1. The standard InChI is InChI=1S/C54H30N4S2/c1-2-11-32(12-3-1)51-56-52(58-53(57-51)37-25-26-39-40-20-7-15-31-16-8-21-41(48(31)40)44(39)28-37)36-18-6-17-35(27-36)38-19-10-24-46-49(38)42-22-9-23-43(50(42)59-46)54-55-45-29-33-13-4-5-14-34(33)30-47(45)60-54/h1-30H. The van der Waals surface area contributed by atoms with Crippen LogP contribution in [0, 0.1) is 0 Å². The van der Waals surface area contributed by atoms with Crippen molar-refractivity contribution in [3.63, 3.8) is 0 Å². The zero-order chi connectivity index (χ0) is 39.3. The van der Waals surface area contributed by atoms with Crippen LogP contribution < -0.4 is 0 Å². The van der Waals surface area contributed by atoms with Gasteiger partial charge in [-0.15, -0.1) is 22.7 Å². The number of thiazole rings is 1. The molecule has 4 nitrogen and oxygen atoms in total. The number of nitrogens with zero attached hydrogens (tertiary/aromatic N) is 4. The molecule has 1 aliphatic carbocycles. The Hall–Kier alpha value is -7.38. The molecule has 3 heterocycles. The highest BCUT2D eigenvalue weighted by Crippen LogP contribution is 2.49. The van der Waals surface area contributed by atoms with Crippen LogP contribution in [-0.2, 0) is 0 Å². The topological polar surface area (TPSA) is 51.6 Å². The summed E-state index contributed by atoms with van der Waals surface area (Å²) in [6.45, 7) is 0. The van der Waals surface area contributed by atoms with Gasteiger partial charge in [0.15, 0.2) is 17.5 Å². The average molecular weight is 799 g/mol. The Morgan fingerprint density at radius 1 is 0.317 bits per heavy atom. The lowest BCUT2D eigenvalue weighted by Crippen LogP contribution is -2.00. The van der Waals surface area contributed by atoms with Crippen LogP contribution in [0.25, 0.3) is 130 Å². The van der Waals surface area contributed by atoms with Crippen LogP contribution in [0.5, 0.6) is 0 Å². The van der Waals surface area contributed by atoms with Crippen molar-refractivity contribution < 1.29 is 0 Å². The van der Waals surface area contributed by atoms with Crippen LogP contribution in [-0.4, -0.2) is 19.9 Å². The van der Waals surface area contributed by atoms with Crippen molar-refractivity contribution in [2.24, 2.45) is 0 Å². The molecular weight excluding hydrogens is 769 g/mol. The molecule has 0 spiro atoms. The lowest BCUT2D eigenvalue weighted by Gasteiger charge is -2.11. The normalized spacial score (nSPS) is 12.0. The number of hydrogen-bond donors (Lipinski definition) is 0. The molecule has 9 aromatic carbocycles. The highest BCUT2D eigenvalue weighted by atomic mass is 32.1. The number of benzene rings is 9. The molecule has 0 aliphatic heterocycles. The van der Waals surface area contributed by atoms with E-state index in [0.717, 1.165) is 32.8 Å². The number of aromatic nitrogens is 4. The molecule has 0 amide bonds. The molecule has 0 radical (unpaired) electrons. The van der Waals surface area contributed by atoms with Gasteiger partial charge < -0.3 is 0 Å². The molecule has 0 fully saturated rings. The first-order chi connectivity index (χ1) is 29.7. The van der Waals surface area contributed by atoms with Crippen molar-refractivity contribution in [2.45, 2.75) is 0 Å². The first-order valence-corrected chi connectivity index (χ1v) is 21.7. The van der Waals surface area contributed by atoms with Gasteiger partial charge in [0.1, 0.15) is 5.01 Å². The summed E-state index contributed by atoms with van der Waals surface area (Å²) < 4.78 is 3.70. The molecule has 13 rings (SSSR count). The number of fused-ring (bicyclic) bond motifs is 8. The van der Waals surface area contributed by atoms with Crippen molar-refractivity contribution in [1.29, 1.82) is 0 Å². The molecule has 1 aliphatic rings. The number of hydrogen-bond acceptors (Lipinski definition) is 6. The van der Waals surface area contributed by atoms with E-state index in [0.29, 0.717) is 17.5 Å². The van der Waals surface area contributed by atoms with Crippen molar-refractivity contribution in [2.75, 3.05) is 0 Å². The van der Waals surface area contributed by atoms with E-state index in [-0.39, 0.29) is 0 Å². The van der Waals surface area contributed by atoms with Crippen molar-refractivity contribution >= 4 is 74.6 Å². The maximum absolute atomic E-state index is 5.21. The minimum Gasteiger partial charge on any atom is -0.236 e. The molecule has 3 aromatic heterocycles. The van der Waals surface area contributed by atoms with Crippen LogP contribution in [0.15, 0.2) is 182 Å². The third kappa shape index (κ3) is 5.21. The van der Waals surface area contributed by atoms with E-state index in [4.69, 9.17) is 19.9 Å². The Bertz CT molecular complexity index is 3680. The predicted molar refractivity (Wildman–Crippen MR) is 253 cm³/mol. The molecule has 12 aromatic rings. The molecule has 60 heavy (non-hydrogen) atoms. The van der Waals surface area contributed by atoms with Gasteiger partial charge in [-0.05, 0) is 85.3 Å². The van der Waals surface area contributed by atoms with Crippen LogP contribution >= 0.6 is 22.7 Å². The molecular formula is C54H30N4S2. The summed E-state index contributed by atoms with van der Waals surface area (Å²) in [6.07, 6.45) is 0. The molecule has 0 bridgehead atoms. The third-order valence-corrected chi connectivity index (χ3v) is 14.1. The SMILES string of the molecule is c1ccc(-c2nc(-c3cccc(-c4cccc5sc6c(-c7nc8cc9ccccc9cc8s7)cccc6c45)c3)nc(-c3ccc4c(c3)-c3cccc5cccc-4c35)n2)cc1. The van der Waals surface area contributed by atoms with Crippen molar-refractivity contribution in [3.8, 4) is 78.1 Å². The Kier molecular flexibility index (Phi) is 7.31. The number of thiophene rings is 1. The van der Waals surface area contributed by atoms with E-state index in [1.807, 2.05) is 29.5 Å². The number of rotatable bonds is 5. The van der Waals surface area contributed by atoms with Crippen molar-refractivity contribution in [1.82, 2.24) is 19.9 Å². The quantitative estimate of drug-likeness (QED) is 0.174. The average Bonchev–Trinajstić information content (AvgIpc) is 4.01. The van der Waals surface area contributed by atoms with E-state index >= 15 is 0 Å². The maximum atomic E-state index is 5.21. The molecule has 0 unspecified atom stereocenters. The smallest absolute Gasteiger partial charge is 0.164 e. The van der Waals surface area contributed by atoms with Gasteiger partial charge in [0.25, 0.3) is 0 Å². The third-order valence-electron chi connectivity index (χ3n) is 11.9. The fourth-order valence-corrected chi connectivity index (χ4v) is 11.4. The second kappa shape index (κ2) is 13.1. The summed E-state index contributed by atoms with van der Waals surface area (Å²) in [5, 5.41) is 8.55. The van der Waals surface area contributed by atoms with E-state index in [1.54, 1.807) is 11.3 Å². The fourth-order valence-electron chi connectivity index (χ4n) is 9.09. The lowest BCUT2D eigenvalue weighted by molar-refractivity contribution is 1.07. The van der Waals surface area contributed by atoms with Gasteiger partial charge in [-0.1, -0.05) is 152 Å². The summed E-state index contributed by atoms with van der Waals surface area (Å²) >= 11 is 3.61. The Balaban J connectivity index is 0.938. The zero-order valence-electron chi connectivity index (χ0n) is 31.9. The first kappa shape index (κ1) is 33.6. The minimum absolute atomic E-state index is 0.639. The second-order valence-electron chi connectivity index (χ2n) is 15.4. The summed E-state index contributed by atoms with van der Waals surface area (Å²) in [5.74, 6) is 1.93. The van der Waals surface area contributed by atoms with Gasteiger partial charge in [0.05, 0.1) is 10.2 Å². The molecule has 6 heteroatoms. The summed E-state index contributed by atoms with van der Waals surface area (Å²) in [4.78, 5) is 20.6.